The Morgan fingerprint density at radius 1 is 1.30 bits per heavy atom. The second kappa shape index (κ2) is 9.14. The van der Waals surface area contributed by atoms with Gasteiger partial charge in [0.2, 0.25) is 5.43 Å². The van der Waals surface area contributed by atoms with Crippen molar-refractivity contribution in [1.29, 1.82) is 0 Å². The van der Waals surface area contributed by atoms with E-state index in [1.165, 1.54) is 12.3 Å². The maximum absolute atomic E-state index is 12.9. The number of aromatic nitrogens is 1. The molecule has 0 bridgehead atoms. The molecule has 0 aliphatic rings. The molecule has 2 rings (SSSR count). The monoisotopic (exact) mass is 546 g/mol. The van der Waals surface area contributed by atoms with Gasteiger partial charge in [-0.05, 0) is 53.7 Å². The second-order valence-electron chi connectivity index (χ2n) is 8.47. The highest BCUT2D eigenvalue weighted by molar-refractivity contribution is 14.1. The van der Waals surface area contributed by atoms with Crippen molar-refractivity contribution in [3.63, 3.8) is 0 Å². The summed E-state index contributed by atoms with van der Waals surface area (Å²) in [6.45, 7) is 12.9. The molecule has 1 aromatic carbocycles. The van der Waals surface area contributed by atoms with Gasteiger partial charge in [0.05, 0.1) is 23.5 Å². The van der Waals surface area contributed by atoms with E-state index < -0.39 is 24.6 Å². The Balaban J connectivity index is 2.63. The molecule has 1 aromatic heterocycles. The first-order valence-corrected chi connectivity index (χ1v) is 13.6. The molecule has 30 heavy (non-hydrogen) atoms. The second-order valence-corrected chi connectivity index (χ2v) is 14.5. The van der Waals surface area contributed by atoms with Gasteiger partial charge < -0.3 is 13.7 Å². The molecule has 164 valence electrons. The zero-order chi connectivity index (χ0) is 22.9. The number of halogens is 1. The van der Waals surface area contributed by atoms with Gasteiger partial charge in [-0.1, -0.05) is 20.8 Å². The third-order valence-electron chi connectivity index (χ3n) is 5.41. The molecule has 0 atom stereocenters. The van der Waals surface area contributed by atoms with Crippen LogP contribution in [-0.2, 0) is 15.7 Å². The van der Waals surface area contributed by atoms with Crippen molar-refractivity contribution in [2.45, 2.75) is 52.4 Å². The van der Waals surface area contributed by atoms with E-state index in [2.05, 4.69) is 33.9 Å². The molecular weight excluding hydrogens is 519 g/mol. The van der Waals surface area contributed by atoms with Gasteiger partial charge in [-0.3, -0.25) is 14.9 Å². The lowest BCUT2D eigenvalue weighted by molar-refractivity contribution is -0.383. The molecule has 0 saturated heterocycles. The number of pyridine rings is 1. The van der Waals surface area contributed by atoms with Gasteiger partial charge in [0.25, 0.3) is 5.69 Å². The van der Waals surface area contributed by atoms with Crippen LogP contribution < -0.4 is 5.43 Å². The summed E-state index contributed by atoms with van der Waals surface area (Å²) >= 11 is 1.92. The van der Waals surface area contributed by atoms with Gasteiger partial charge in [-0.2, -0.15) is 0 Å². The number of benzene rings is 1. The Morgan fingerprint density at radius 3 is 2.47 bits per heavy atom. The molecule has 0 saturated carbocycles. The molecule has 2 aromatic rings. The Hall–Kier alpha value is -1.79. The number of nitro benzene ring substituents is 1. The maximum atomic E-state index is 12.9. The number of fused-ring (bicyclic) bond motifs is 1. The van der Waals surface area contributed by atoms with Crippen LogP contribution in [0.25, 0.3) is 10.9 Å². The number of non-ortho nitro benzene ring substituents is 1. The van der Waals surface area contributed by atoms with Crippen molar-refractivity contribution in [1.82, 2.24) is 4.57 Å². The van der Waals surface area contributed by atoms with Crippen LogP contribution in [0, 0.1) is 13.7 Å². The van der Waals surface area contributed by atoms with E-state index in [1.54, 1.807) is 17.6 Å². The number of esters is 1. The summed E-state index contributed by atoms with van der Waals surface area (Å²) in [4.78, 5) is 36.4. The van der Waals surface area contributed by atoms with Gasteiger partial charge in [0.1, 0.15) is 11.1 Å². The molecule has 10 heteroatoms. The normalized spacial score (nSPS) is 12.2. The van der Waals surface area contributed by atoms with Crippen molar-refractivity contribution < 1.29 is 18.9 Å². The smallest absolute Gasteiger partial charge is 0.343 e. The molecular formula is C20H27IN2O6Si. The zero-order valence-electron chi connectivity index (χ0n) is 18.1. The standard InChI is InChI=1S/C20H27IN2O6Si/c1-7-28-19(25)15-12-22(8-9-29-30(5,6)20(2,3)4)17-14(18(15)24)10-13(21)11-16(17)23(26)27/h10-12H,7-9H2,1-6H3. The minimum Gasteiger partial charge on any atom is -0.462 e. The van der Waals surface area contributed by atoms with Crippen LogP contribution in [0.1, 0.15) is 38.1 Å². The van der Waals surface area contributed by atoms with E-state index in [0.717, 1.165) is 0 Å². The molecule has 0 fully saturated rings. The van der Waals surface area contributed by atoms with Crippen molar-refractivity contribution in [3.8, 4) is 0 Å². The predicted octanol–water partition coefficient (Wildman–Crippen LogP) is 4.71. The SMILES string of the molecule is CCOC(=O)c1cn(CCO[Si](C)(C)C(C)(C)C)c2c([N+](=O)[O-])cc(I)cc2c1=O. The molecule has 0 aliphatic heterocycles. The van der Waals surface area contributed by atoms with E-state index in [1.807, 2.05) is 22.6 Å². The van der Waals surface area contributed by atoms with E-state index in [0.29, 0.717) is 10.2 Å². The highest BCUT2D eigenvalue weighted by atomic mass is 127. The first-order chi connectivity index (χ1) is 13.8. The van der Waals surface area contributed by atoms with Crippen molar-refractivity contribution in [2.24, 2.45) is 0 Å². The lowest BCUT2D eigenvalue weighted by Gasteiger charge is -2.36. The molecule has 0 unspecified atom stereocenters. The van der Waals surface area contributed by atoms with Crippen LogP contribution in [0.4, 0.5) is 5.69 Å². The first kappa shape index (κ1) is 24.5. The fraction of sp³-hybridized carbons (Fsp3) is 0.500. The number of nitro groups is 1. The zero-order valence-corrected chi connectivity index (χ0v) is 21.2. The summed E-state index contributed by atoms with van der Waals surface area (Å²) in [6, 6.07) is 2.97. The van der Waals surface area contributed by atoms with E-state index in [9.17, 15) is 19.7 Å². The van der Waals surface area contributed by atoms with Gasteiger partial charge in [0.15, 0.2) is 8.32 Å². The molecule has 0 amide bonds. The summed E-state index contributed by atoms with van der Waals surface area (Å²) in [5.74, 6) is -0.745. The Kier molecular flexibility index (Phi) is 7.46. The number of nitrogens with zero attached hydrogens (tertiary/aromatic N) is 2. The van der Waals surface area contributed by atoms with Gasteiger partial charge in [0, 0.05) is 22.4 Å². The summed E-state index contributed by atoms with van der Waals surface area (Å²) in [5, 5.41) is 11.8. The topological polar surface area (TPSA) is 101 Å². The van der Waals surface area contributed by atoms with E-state index in [4.69, 9.17) is 9.16 Å². The average molecular weight is 546 g/mol. The largest absolute Gasteiger partial charge is 0.462 e. The average Bonchev–Trinajstić information content (AvgIpc) is 2.62. The van der Waals surface area contributed by atoms with E-state index >= 15 is 0 Å². The van der Waals surface area contributed by atoms with Crippen LogP contribution in [0.2, 0.25) is 18.1 Å². The molecule has 0 radical (unpaired) electrons. The summed E-state index contributed by atoms with van der Waals surface area (Å²) < 4.78 is 13.3. The fourth-order valence-electron chi connectivity index (χ4n) is 2.77. The van der Waals surface area contributed by atoms with Crippen LogP contribution in [-0.4, -0.2) is 37.0 Å². The highest BCUT2D eigenvalue weighted by Gasteiger charge is 2.37. The molecule has 0 N–H and O–H groups in total. The molecule has 8 nitrogen and oxygen atoms in total. The molecule has 0 aliphatic carbocycles. The number of carbonyl (C=O) groups excluding carboxylic acids is 1. The van der Waals surface area contributed by atoms with Crippen LogP contribution in [0.15, 0.2) is 23.1 Å². The number of ether oxygens (including phenoxy) is 1. The third-order valence-corrected chi connectivity index (χ3v) is 10.6. The Labute approximate surface area is 190 Å². The summed E-state index contributed by atoms with van der Waals surface area (Å²) in [7, 11) is -2.03. The summed E-state index contributed by atoms with van der Waals surface area (Å²) in [5.41, 5.74) is -0.728. The predicted molar refractivity (Wildman–Crippen MR) is 127 cm³/mol. The first-order valence-electron chi connectivity index (χ1n) is 9.62. The number of hydrogen-bond donors (Lipinski definition) is 0. The highest BCUT2D eigenvalue weighted by Crippen LogP contribution is 2.36. The van der Waals surface area contributed by atoms with E-state index in [-0.39, 0.29) is 40.3 Å². The summed E-state index contributed by atoms with van der Waals surface area (Å²) in [6.07, 6.45) is 1.34. The molecule has 0 spiro atoms. The lowest BCUT2D eigenvalue weighted by Crippen LogP contribution is -2.41. The lowest BCUT2D eigenvalue weighted by atomic mass is 10.1. The Bertz CT molecular complexity index is 1040. The number of rotatable bonds is 7. The number of carbonyl (C=O) groups is 1. The maximum Gasteiger partial charge on any atom is 0.343 e. The molecule has 1 heterocycles. The van der Waals surface area contributed by atoms with Gasteiger partial charge >= 0.3 is 5.97 Å². The van der Waals surface area contributed by atoms with Crippen molar-refractivity contribution in [3.05, 3.63) is 47.8 Å². The fourth-order valence-corrected chi connectivity index (χ4v) is 4.41. The minimum absolute atomic E-state index is 0.0107. The van der Waals surface area contributed by atoms with Gasteiger partial charge in [-0.15, -0.1) is 0 Å². The quantitative estimate of drug-likeness (QED) is 0.164. The van der Waals surface area contributed by atoms with Gasteiger partial charge in [-0.25, -0.2) is 4.79 Å². The van der Waals surface area contributed by atoms with Crippen LogP contribution in [0.3, 0.4) is 0 Å². The number of hydrogen-bond acceptors (Lipinski definition) is 6. The van der Waals surface area contributed by atoms with Crippen LogP contribution >= 0.6 is 22.6 Å². The Morgan fingerprint density at radius 2 is 1.93 bits per heavy atom. The third kappa shape index (κ3) is 5.09. The van der Waals surface area contributed by atoms with Crippen molar-refractivity contribution in [2.75, 3.05) is 13.2 Å². The van der Waals surface area contributed by atoms with Crippen molar-refractivity contribution >= 4 is 53.5 Å². The minimum atomic E-state index is -2.03. The van der Waals surface area contributed by atoms with Crippen LogP contribution in [0.5, 0.6) is 0 Å².